The lowest BCUT2D eigenvalue weighted by molar-refractivity contribution is -0.137. The lowest BCUT2D eigenvalue weighted by atomic mass is 9.94. The van der Waals surface area contributed by atoms with E-state index in [-0.39, 0.29) is 30.3 Å². The van der Waals surface area contributed by atoms with Gasteiger partial charge < -0.3 is 20.6 Å². The van der Waals surface area contributed by atoms with Crippen molar-refractivity contribution < 1.29 is 19.5 Å². The van der Waals surface area contributed by atoms with Crippen LogP contribution in [0.4, 0.5) is 4.79 Å². The fourth-order valence-corrected chi connectivity index (χ4v) is 2.73. The van der Waals surface area contributed by atoms with Crippen molar-refractivity contribution in [2.45, 2.75) is 52.5 Å². The van der Waals surface area contributed by atoms with Gasteiger partial charge in [0.25, 0.3) is 0 Å². The van der Waals surface area contributed by atoms with Crippen LogP contribution in [0.25, 0.3) is 0 Å². The Bertz CT molecular complexity index is 426. The van der Waals surface area contributed by atoms with Gasteiger partial charge in [0.2, 0.25) is 5.91 Å². The van der Waals surface area contributed by atoms with E-state index in [0.29, 0.717) is 25.4 Å². The number of likely N-dealkylation sites (tertiary alicyclic amines) is 1. The Morgan fingerprint density at radius 2 is 1.96 bits per heavy atom. The summed E-state index contributed by atoms with van der Waals surface area (Å²) in [5.41, 5.74) is 0. The van der Waals surface area contributed by atoms with Crippen molar-refractivity contribution in [2.75, 3.05) is 19.6 Å². The molecular formula is C16H29N3O4. The molecule has 1 fully saturated rings. The number of nitrogens with zero attached hydrogens (tertiary/aromatic N) is 1. The Balaban J connectivity index is 2.38. The molecule has 1 saturated heterocycles. The minimum absolute atomic E-state index is 0.0666. The second kappa shape index (κ2) is 9.37. The number of aliphatic carboxylic acids is 1. The quantitative estimate of drug-likeness (QED) is 0.659. The van der Waals surface area contributed by atoms with E-state index in [0.717, 1.165) is 19.4 Å². The number of carboxylic acids is 1. The van der Waals surface area contributed by atoms with Crippen LogP contribution in [0.2, 0.25) is 0 Å². The van der Waals surface area contributed by atoms with E-state index < -0.39 is 5.97 Å². The highest BCUT2D eigenvalue weighted by Crippen LogP contribution is 2.19. The molecule has 1 rings (SSSR count). The number of piperidine rings is 1. The Kier molecular flexibility index (Phi) is 7.85. The van der Waals surface area contributed by atoms with Gasteiger partial charge in [-0.1, -0.05) is 13.8 Å². The molecule has 2 unspecified atom stereocenters. The first-order valence-electron chi connectivity index (χ1n) is 8.31. The van der Waals surface area contributed by atoms with E-state index in [4.69, 9.17) is 5.11 Å². The van der Waals surface area contributed by atoms with Gasteiger partial charge in [-0.3, -0.25) is 9.59 Å². The predicted octanol–water partition coefficient (Wildman–Crippen LogP) is 1.43. The molecule has 23 heavy (non-hydrogen) atoms. The average molecular weight is 327 g/mol. The zero-order valence-corrected chi connectivity index (χ0v) is 14.3. The van der Waals surface area contributed by atoms with Crippen LogP contribution in [0.1, 0.15) is 46.5 Å². The van der Waals surface area contributed by atoms with E-state index in [1.54, 1.807) is 11.8 Å². The van der Waals surface area contributed by atoms with Gasteiger partial charge in [0.15, 0.2) is 0 Å². The summed E-state index contributed by atoms with van der Waals surface area (Å²) < 4.78 is 0. The molecule has 1 heterocycles. The molecule has 3 N–H and O–H groups in total. The van der Waals surface area contributed by atoms with Crippen molar-refractivity contribution >= 4 is 17.9 Å². The number of carbonyl (C=O) groups excluding carboxylic acids is 2. The Morgan fingerprint density at radius 3 is 2.57 bits per heavy atom. The molecule has 0 aromatic rings. The molecule has 2 atom stereocenters. The molecule has 132 valence electrons. The van der Waals surface area contributed by atoms with Gasteiger partial charge in [-0.05, 0) is 31.6 Å². The highest BCUT2D eigenvalue weighted by atomic mass is 16.4. The zero-order chi connectivity index (χ0) is 17.4. The van der Waals surface area contributed by atoms with Gasteiger partial charge in [0.05, 0.1) is 6.42 Å². The largest absolute Gasteiger partial charge is 0.481 e. The van der Waals surface area contributed by atoms with Crippen molar-refractivity contribution in [3.8, 4) is 0 Å². The number of hydrogen-bond donors (Lipinski definition) is 3. The molecule has 0 radical (unpaired) electrons. The molecule has 7 nitrogen and oxygen atoms in total. The number of nitrogens with one attached hydrogen (secondary N) is 2. The van der Waals surface area contributed by atoms with Crippen LogP contribution >= 0.6 is 0 Å². The molecule has 0 aromatic heterocycles. The Hall–Kier alpha value is -1.79. The highest BCUT2D eigenvalue weighted by Gasteiger charge is 2.25. The van der Waals surface area contributed by atoms with Crippen molar-refractivity contribution in [1.82, 2.24) is 15.5 Å². The topological polar surface area (TPSA) is 98.7 Å². The Morgan fingerprint density at radius 1 is 1.26 bits per heavy atom. The molecule has 0 spiro atoms. The van der Waals surface area contributed by atoms with Gasteiger partial charge in [-0.25, -0.2) is 4.79 Å². The maximum Gasteiger partial charge on any atom is 0.317 e. The smallest absolute Gasteiger partial charge is 0.317 e. The molecule has 0 aromatic carbocycles. The van der Waals surface area contributed by atoms with E-state index in [9.17, 15) is 14.4 Å². The summed E-state index contributed by atoms with van der Waals surface area (Å²) in [7, 11) is 0. The van der Waals surface area contributed by atoms with Crippen LogP contribution in [0.5, 0.6) is 0 Å². The fraction of sp³-hybridized carbons (Fsp3) is 0.812. The number of amides is 3. The summed E-state index contributed by atoms with van der Waals surface area (Å²) in [6.07, 6.45) is 2.05. The molecule has 0 saturated carbocycles. The first-order chi connectivity index (χ1) is 10.8. The van der Waals surface area contributed by atoms with E-state index in [1.807, 2.05) is 13.8 Å². The zero-order valence-electron chi connectivity index (χ0n) is 14.3. The SMILES string of the molecule is CC(C)CNC(=O)N1CCCC(CC(=O)NC(C)CC(=O)O)C1. The van der Waals surface area contributed by atoms with E-state index in [1.165, 1.54) is 0 Å². The maximum atomic E-state index is 12.1. The third-order valence-corrected chi connectivity index (χ3v) is 3.83. The first-order valence-corrected chi connectivity index (χ1v) is 8.31. The molecule has 7 heteroatoms. The van der Waals surface area contributed by atoms with Crippen LogP contribution in [0, 0.1) is 11.8 Å². The second-order valence-electron chi connectivity index (χ2n) is 6.80. The van der Waals surface area contributed by atoms with Crippen LogP contribution in [-0.4, -0.2) is 53.6 Å². The lowest BCUT2D eigenvalue weighted by Gasteiger charge is -2.33. The first kappa shape index (κ1) is 19.3. The van der Waals surface area contributed by atoms with E-state index >= 15 is 0 Å². The molecule has 3 amide bonds. The number of rotatable bonds is 7. The second-order valence-corrected chi connectivity index (χ2v) is 6.80. The average Bonchev–Trinajstić information content (AvgIpc) is 2.43. The van der Waals surface area contributed by atoms with Gasteiger partial charge in [-0.2, -0.15) is 0 Å². The maximum absolute atomic E-state index is 12.1. The predicted molar refractivity (Wildman–Crippen MR) is 87.0 cm³/mol. The minimum atomic E-state index is -0.927. The van der Waals surface area contributed by atoms with E-state index in [2.05, 4.69) is 10.6 Å². The van der Waals surface area contributed by atoms with Crippen molar-refractivity contribution in [2.24, 2.45) is 11.8 Å². The van der Waals surface area contributed by atoms with Gasteiger partial charge in [-0.15, -0.1) is 0 Å². The minimum Gasteiger partial charge on any atom is -0.481 e. The summed E-state index contributed by atoms with van der Waals surface area (Å²) in [4.78, 5) is 36.4. The molecule has 0 aliphatic carbocycles. The Labute approximate surface area is 137 Å². The molecule has 1 aliphatic rings. The monoisotopic (exact) mass is 327 g/mol. The third-order valence-electron chi connectivity index (χ3n) is 3.83. The number of carboxylic acid groups (broad SMARTS) is 1. The van der Waals surface area contributed by atoms with Gasteiger partial charge in [0, 0.05) is 32.1 Å². The van der Waals surface area contributed by atoms with Crippen molar-refractivity contribution in [1.29, 1.82) is 0 Å². The van der Waals surface area contributed by atoms with Crippen LogP contribution in [0.15, 0.2) is 0 Å². The van der Waals surface area contributed by atoms with Crippen LogP contribution in [0.3, 0.4) is 0 Å². The summed E-state index contributed by atoms with van der Waals surface area (Å²) in [6, 6.07) is -0.447. The van der Waals surface area contributed by atoms with Gasteiger partial charge in [0.1, 0.15) is 0 Å². The van der Waals surface area contributed by atoms with Crippen LogP contribution in [-0.2, 0) is 9.59 Å². The number of urea groups is 1. The summed E-state index contributed by atoms with van der Waals surface area (Å²) in [5, 5.41) is 14.3. The van der Waals surface area contributed by atoms with Crippen molar-refractivity contribution in [3.63, 3.8) is 0 Å². The highest BCUT2D eigenvalue weighted by molar-refractivity contribution is 5.78. The molecule has 0 bridgehead atoms. The fourth-order valence-electron chi connectivity index (χ4n) is 2.73. The van der Waals surface area contributed by atoms with Crippen molar-refractivity contribution in [3.05, 3.63) is 0 Å². The number of hydrogen-bond acceptors (Lipinski definition) is 3. The summed E-state index contributed by atoms with van der Waals surface area (Å²) in [6.45, 7) is 7.71. The van der Waals surface area contributed by atoms with Crippen LogP contribution < -0.4 is 10.6 Å². The molecule has 1 aliphatic heterocycles. The summed E-state index contributed by atoms with van der Waals surface area (Å²) >= 11 is 0. The third kappa shape index (κ3) is 7.85. The number of carbonyl (C=O) groups is 3. The lowest BCUT2D eigenvalue weighted by Crippen LogP contribution is -2.47. The standard InChI is InChI=1S/C16H29N3O4/c1-11(2)9-17-16(23)19-6-4-5-13(10-19)8-14(20)18-12(3)7-15(21)22/h11-13H,4-10H2,1-3H3,(H,17,23)(H,18,20)(H,21,22). The van der Waals surface area contributed by atoms with Gasteiger partial charge >= 0.3 is 12.0 Å². The summed E-state index contributed by atoms with van der Waals surface area (Å²) in [5.74, 6) is -0.539. The molecular weight excluding hydrogens is 298 g/mol. The normalized spacial score (nSPS) is 19.3.